The molecule has 2 aromatic rings. The van der Waals surface area contributed by atoms with E-state index in [4.69, 9.17) is 0 Å². The van der Waals surface area contributed by atoms with Gasteiger partial charge >= 0.3 is 0 Å². The van der Waals surface area contributed by atoms with Gasteiger partial charge in [-0.1, -0.05) is 137 Å². The topological polar surface area (TPSA) is 0 Å². The second-order valence-electron chi connectivity index (χ2n) is 8.35. The van der Waals surface area contributed by atoms with Crippen molar-refractivity contribution in [3.8, 4) is 0 Å². The number of unbranched alkanes of at least 4 members (excludes halogenated alkanes) is 2. The van der Waals surface area contributed by atoms with Crippen LogP contribution in [-0.2, 0) is 12.8 Å². The van der Waals surface area contributed by atoms with Crippen LogP contribution in [0, 0.1) is 11.8 Å². The van der Waals surface area contributed by atoms with E-state index in [1.54, 1.807) is 0 Å². The number of hydrogen-bond donors (Lipinski definition) is 0. The van der Waals surface area contributed by atoms with Crippen LogP contribution in [0.2, 0.25) is 0 Å². The summed E-state index contributed by atoms with van der Waals surface area (Å²) in [5.74, 6) is 1.75. The first-order chi connectivity index (χ1) is 15.1. The largest absolute Gasteiger partial charge is 0.0654 e. The Hall–Kier alpha value is -0.120. The van der Waals surface area contributed by atoms with Crippen LogP contribution in [0.1, 0.15) is 90.2 Å². The third kappa shape index (κ3) is 16.2. The van der Waals surface area contributed by atoms with E-state index in [2.05, 4.69) is 126 Å². The summed E-state index contributed by atoms with van der Waals surface area (Å²) >= 11 is 8.97. The zero-order valence-corrected chi connectivity index (χ0v) is 24.8. The fourth-order valence-corrected chi connectivity index (χ4v) is 4.05. The highest BCUT2D eigenvalue weighted by molar-refractivity contribution is 9.93. The van der Waals surface area contributed by atoms with Gasteiger partial charge in [-0.3, -0.25) is 0 Å². The molecule has 0 bridgehead atoms. The van der Waals surface area contributed by atoms with E-state index in [0.717, 1.165) is 11.8 Å². The molecule has 0 N–H and O–H groups in total. The zero-order chi connectivity index (χ0) is 23.3. The van der Waals surface area contributed by atoms with Gasteiger partial charge in [0.25, 0.3) is 0 Å². The molecule has 3 heteroatoms. The SMILES string of the molecule is BrBr.CCCCC(CC)Cc1ccc(Br)cc1.CCCCC(CC)Cc1ccccc1. The molecule has 2 aromatic carbocycles. The van der Waals surface area contributed by atoms with E-state index in [-0.39, 0.29) is 0 Å². The van der Waals surface area contributed by atoms with Gasteiger partial charge in [-0.15, -0.1) is 0 Å². The maximum atomic E-state index is 3.47. The molecule has 31 heavy (non-hydrogen) atoms. The summed E-state index contributed by atoms with van der Waals surface area (Å²) in [6, 6.07) is 19.6. The summed E-state index contributed by atoms with van der Waals surface area (Å²) in [5, 5.41) is 0. The van der Waals surface area contributed by atoms with E-state index in [1.807, 2.05) is 0 Å². The monoisotopic (exact) mass is 616 g/mol. The minimum absolute atomic E-state index is 0.867. The molecular formula is C28H43Br3. The van der Waals surface area contributed by atoms with E-state index in [9.17, 15) is 0 Å². The smallest absolute Gasteiger partial charge is 0.0175 e. The lowest BCUT2D eigenvalue weighted by atomic mass is 9.92. The molecule has 2 unspecified atom stereocenters. The van der Waals surface area contributed by atoms with Crippen molar-refractivity contribution in [2.45, 2.75) is 91.9 Å². The molecule has 176 valence electrons. The standard InChI is InChI=1S/C14H21Br.C14H22.Br2/c1-3-5-6-12(4-2)11-13-7-9-14(15)10-8-13;1-3-5-9-13(4-2)12-14-10-7-6-8-11-14;1-2/h7-10,12H,3-6,11H2,1-2H3;6-8,10-11,13H,3-5,9,12H2,1-2H3;. The van der Waals surface area contributed by atoms with Gasteiger partial charge < -0.3 is 0 Å². The van der Waals surface area contributed by atoms with E-state index >= 15 is 0 Å². The van der Waals surface area contributed by atoms with Crippen LogP contribution < -0.4 is 0 Å². The van der Waals surface area contributed by atoms with E-state index in [1.165, 1.54) is 79.8 Å². The molecule has 0 radical (unpaired) electrons. The minimum Gasteiger partial charge on any atom is -0.0654 e. The fraction of sp³-hybridized carbons (Fsp3) is 0.571. The molecule has 0 aliphatic rings. The highest BCUT2D eigenvalue weighted by atomic mass is 80.9. The Balaban J connectivity index is 0.000000539. The molecule has 2 atom stereocenters. The van der Waals surface area contributed by atoms with Crippen LogP contribution in [0.5, 0.6) is 0 Å². The van der Waals surface area contributed by atoms with Crippen molar-refractivity contribution in [1.82, 2.24) is 0 Å². The van der Waals surface area contributed by atoms with Gasteiger partial charge in [0.15, 0.2) is 0 Å². The Kier molecular flexibility index (Phi) is 21.6. The first kappa shape index (κ1) is 30.9. The van der Waals surface area contributed by atoms with E-state index < -0.39 is 0 Å². The summed E-state index contributed by atoms with van der Waals surface area (Å²) in [6.07, 6.45) is 13.3. The lowest BCUT2D eigenvalue weighted by molar-refractivity contribution is 0.449. The van der Waals surface area contributed by atoms with Crippen LogP contribution in [0.15, 0.2) is 59.1 Å². The molecule has 0 aromatic heterocycles. The first-order valence-corrected chi connectivity index (χ1v) is 16.6. The second kappa shape index (κ2) is 21.7. The molecule has 0 saturated carbocycles. The maximum absolute atomic E-state index is 3.47. The highest BCUT2D eigenvalue weighted by Crippen LogP contribution is 2.20. The van der Waals surface area contributed by atoms with Crippen molar-refractivity contribution < 1.29 is 0 Å². The van der Waals surface area contributed by atoms with Gasteiger partial charge in [-0.05, 0) is 47.9 Å². The molecule has 0 aliphatic carbocycles. The summed E-state index contributed by atoms with van der Waals surface area (Å²) in [5.41, 5.74) is 2.97. The Morgan fingerprint density at radius 1 is 0.613 bits per heavy atom. The maximum Gasteiger partial charge on any atom is 0.0175 e. The number of halogens is 3. The Bertz CT molecular complexity index is 610. The van der Waals surface area contributed by atoms with Crippen LogP contribution in [0.4, 0.5) is 0 Å². The average molecular weight is 619 g/mol. The Labute approximate surface area is 217 Å². The Morgan fingerprint density at radius 2 is 1.03 bits per heavy atom. The number of hydrogen-bond acceptors (Lipinski definition) is 0. The first-order valence-electron chi connectivity index (χ1n) is 12.0. The fourth-order valence-electron chi connectivity index (χ4n) is 3.79. The molecular weight excluding hydrogens is 576 g/mol. The second-order valence-corrected chi connectivity index (χ2v) is 9.27. The van der Waals surface area contributed by atoms with E-state index in [0.29, 0.717) is 0 Å². The van der Waals surface area contributed by atoms with Crippen molar-refractivity contribution in [1.29, 1.82) is 0 Å². The predicted octanol–water partition coefficient (Wildman–Crippen LogP) is 11.3. The van der Waals surface area contributed by atoms with Crippen molar-refractivity contribution in [3.63, 3.8) is 0 Å². The van der Waals surface area contributed by atoms with Crippen LogP contribution in [0.25, 0.3) is 0 Å². The summed E-state index contributed by atoms with van der Waals surface area (Å²) < 4.78 is 1.17. The molecule has 2 rings (SSSR count). The third-order valence-electron chi connectivity index (χ3n) is 5.89. The molecule has 0 saturated heterocycles. The zero-order valence-electron chi connectivity index (χ0n) is 20.1. The van der Waals surface area contributed by atoms with Crippen molar-refractivity contribution in [2.75, 3.05) is 0 Å². The lowest BCUT2D eigenvalue weighted by Gasteiger charge is -2.14. The van der Waals surface area contributed by atoms with Crippen molar-refractivity contribution >= 4 is 44.2 Å². The number of benzene rings is 2. The summed E-state index contributed by atoms with van der Waals surface area (Å²) in [4.78, 5) is 0. The normalized spacial score (nSPS) is 12.1. The molecule has 0 amide bonds. The quantitative estimate of drug-likeness (QED) is 0.222. The van der Waals surface area contributed by atoms with Gasteiger partial charge in [0, 0.05) is 32.7 Å². The highest BCUT2D eigenvalue weighted by Gasteiger charge is 2.07. The molecule has 0 aliphatic heterocycles. The molecule has 0 nitrogen and oxygen atoms in total. The minimum atomic E-state index is 0.867. The van der Waals surface area contributed by atoms with Gasteiger partial charge in [0.05, 0.1) is 0 Å². The Morgan fingerprint density at radius 3 is 1.42 bits per heavy atom. The summed E-state index contributed by atoms with van der Waals surface area (Å²) in [7, 11) is 0. The van der Waals surface area contributed by atoms with Crippen LogP contribution >= 0.6 is 44.2 Å². The molecule has 0 spiro atoms. The van der Waals surface area contributed by atoms with Crippen molar-refractivity contribution in [2.24, 2.45) is 11.8 Å². The average Bonchev–Trinajstić information content (AvgIpc) is 2.83. The van der Waals surface area contributed by atoms with Gasteiger partial charge in [0.1, 0.15) is 0 Å². The lowest BCUT2D eigenvalue weighted by Crippen LogP contribution is -2.03. The number of rotatable bonds is 12. The van der Waals surface area contributed by atoms with Gasteiger partial charge in [-0.2, -0.15) is 0 Å². The third-order valence-corrected chi connectivity index (χ3v) is 6.42. The molecule has 0 heterocycles. The predicted molar refractivity (Wildman–Crippen MR) is 152 cm³/mol. The van der Waals surface area contributed by atoms with Gasteiger partial charge in [0.2, 0.25) is 0 Å². The van der Waals surface area contributed by atoms with Crippen molar-refractivity contribution in [3.05, 3.63) is 70.2 Å². The molecule has 0 fully saturated rings. The van der Waals surface area contributed by atoms with Gasteiger partial charge in [-0.25, -0.2) is 0 Å². The van der Waals surface area contributed by atoms with Crippen LogP contribution in [0.3, 0.4) is 0 Å². The van der Waals surface area contributed by atoms with Crippen LogP contribution in [-0.4, -0.2) is 0 Å². The summed E-state index contributed by atoms with van der Waals surface area (Å²) in [6.45, 7) is 9.16.